The van der Waals surface area contributed by atoms with Crippen LogP contribution in [0.15, 0.2) is 48.7 Å². The van der Waals surface area contributed by atoms with Gasteiger partial charge in [0.05, 0.1) is 11.9 Å². The lowest BCUT2D eigenvalue weighted by molar-refractivity contribution is 0.0906. The molecule has 0 amide bonds. The highest BCUT2D eigenvalue weighted by atomic mass is 32.2. The van der Waals surface area contributed by atoms with E-state index < -0.39 is 10.0 Å². The Balaban J connectivity index is 1.24. The average molecular weight is 416 g/mol. The molecule has 1 aliphatic heterocycles. The molecule has 2 heterocycles. The molecular weight excluding hydrogens is 390 g/mol. The number of aromatic nitrogens is 1. The highest BCUT2D eigenvalue weighted by molar-refractivity contribution is 7.92. The van der Waals surface area contributed by atoms with Crippen molar-refractivity contribution < 1.29 is 17.9 Å². The van der Waals surface area contributed by atoms with Crippen LogP contribution in [0.3, 0.4) is 0 Å². The van der Waals surface area contributed by atoms with Crippen LogP contribution in [0.4, 0.5) is 5.69 Å². The summed E-state index contributed by atoms with van der Waals surface area (Å²) in [5.41, 5.74) is 2.97. The molecule has 0 fully saturated rings. The van der Waals surface area contributed by atoms with E-state index in [1.54, 1.807) is 18.2 Å². The zero-order chi connectivity index (χ0) is 20.3. The summed E-state index contributed by atoms with van der Waals surface area (Å²) in [5.74, 6) is 1.18. The lowest BCUT2D eigenvalue weighted by Gasteiger charge is -2.27. The van der Waals surface area contributed by atoms with Crippen molar-refractivity contribution >= 4 is 26.6 Å². The number of nitrogens with one attached hydrogen (secondary N) is 3. The maximum Gasteiger partial charge on any atom is 0.229 e. The van der Waals surface area contributed by atoms with E-state index in [1.165, 1.54) is 16.5 Å². The Bertz CT molecular complexity index is 1090. The molecule has 0 radical (unpaired) electrons. The molecule has 0 spiro atoms. The van der Waals surface area contributed by atoms with Gasteiger partial charge in [-0.15, -0.1) is 0 Å². The molecule has 3 aromatic rings. The van der Waals surface area contributed by atoms with E-state index in [0.29, 0.717) is 30.3 Å². The number of benzene rings is 2. The van der Waals surface area contributed by atoms with Crippen LogP contribution in [0.1, 0.15) is 12.0 Å². The molecule has 2 aromatic carbocycles. The van der Waals surface area contributed by atoms with Crippen LogP contribution in [0, 0.1) is 0 Å². The maximum absolute atomic E-state index is 11.4. The third-order valence-corrected chi connectivity index (χ3v) is 5.42. The fourth-order valence-corrected chi connectivity index (χ4v) is 4.05. The van der Waals surface area contributed by atoms with E-state index >= 15 is 0 Å². The molecule has 3 N–H and O–H groups in total. The van der Waals surface area contributed by atoms with Crippen LogP contribution in [-0.4, -0.2) is 45.5 Å². The Morgan fingerprint density at radius 2 is 2.03 bits per heavy atom. The second-order valence-corrected chi connectivity index (χ2v) is 9.00. The van der Waals surface area contributed by atoms with Gasteiger partial charge >= 0.3 is 0 Å². The Kier molecular flexibility index (Phi) is 5.64. The number of H-pyrrole nitrogens is 1. The molecule has 7 nitrogen and oxygen atoms in total. The van der Waals surface area contributed by atoms with Gasteiger partial charge in [-0.25, -0.2) is 8.42 Å². The monoisotopic (exact) mass is 415 g/mol. The van der Waals surface area contributed by atoms with Crippen LogP contribution in [0.5, 0.6) is 11.5 Å². The quantitative estimate of drug-likeness (QED) is 0.492. The number of hydrogen-bond acceptors (Lipinski definition) is 5. The van der Waals surface area contributed by atoms with E-state index in [-0.39, 0.29) is 6.10 Å². The van der Waals surface area contributed by atoms with Crippen LogP contribution in [-0.2, 0) is 16.4 Å². The maximum atomic E-state index is 11.4. The standard InChI is InChI=1S/C21H25N3O4S/c1-29(25,26)24-16-8-9-20-21(11-16)28-17(14-27-20)13-22-10-4-5-15-12-23-19-7-3-2-6-18(15)19/h2-3,6-9,11-12,17,22-24H,4-5,10,13-14H2,1H3. The van der Waals surface area contributed by atoms with Crippen molar-refractivity contribution in [3.05, 3.63) is 54.2 Å². The lowest BCUT2D eigenvalue weighted by atomic mass is 10.1. The van der Waals surface area contributed by atoms with Gasteiger partial charge < -0.3 is 19.8 Å². The van der Waals surface area contributed by atoms with E-state index in [4.69, 9.17) is 9.47 Å². The smallest absolute Gasteiger partial charge is 0.229 e. The minimum absolute atomic E-state index is 0.121. The number of sulfonamides is 1. The fourth-order valence-electron chi connectivity index (χ4n) is 3.50. The highest BCUT2D eigenvalue weighted by Gasteiger charge is 2.21. The minimum atomic E-state index is -3.33. The van der Waals surface area contributed by atoms with Gasteiger partial charge in [-0.05, 0) is 43.1 Å². The molecular formula is C21H25N3O4S. The molecule has 0 bridgehead atoms. The molecule has 154 valence electrons. The van der Waals surface area contributed by atoms with Gasteiger partial charge in [-0.2, -0.15) is 0 Å². The molecule has 29 heavy (non-hydrogen) atoms. The fraction of sp³-hybridized carbons (Fsp3) is 0.333. The van der Waals surface area contributed by atoms with Crippen LogP contribution < -0.4 is 19.5 Å². The van der Waals surface area contributed by atoms with Crippen molar-refractivity contribution in [1.82, 2.24) is 10.3 Å². The number of hydrogen-bond donors (Lipinski definition) is 3. The number of aryl methyl sites for hydroxylation is 1. The third-order valence-electron chi connectivity index (χ3n) is 4.81. The molecule has 1 aliphatic rings. The third kappa shape index (κ3) is 5.02. The first-order chi connectivity index (χ1) is 14.0. The summed E-state index contributed by atoms with van der Waals surface area (Å²) in [5, 5.41) is 4.71. The van der Waals surface area contributed by atoms with Gasteiger partial charge in [-0.3, -0.25) is 4.72 Å². The molecule has 0 aliphatic carbocycles. The van der Waals surface area contributed by atoms with Crippen molar-refractivity contribution in [2.75, 3.05) is 30.7 Å². The van der Waals surface area contributed by atoms with Gasteiger partial charge in [0.1, 0.15) is 12.7 Å². The van der Waals surface area contributed by atoms with Gasteiger partial charge in [0, 0.05) is 29.7 Å². The zero-order valence-electron chi connectivity index (χ0n) is 16.3. The first-order valence-electron chi connectivity index (χ1n) is 9.65. The summed E-state index contributed by atoms with van der Waals surface area (Å²) in [7, 11) is -3.33. The number of anilines is 1. The molecule has 1 unspecified atom stereocenters. The zero-order valence-corrected chi connectivity index (χ0v) is 17.1. The van der Waals surface area contributed by atoms with Gasteiger partial charge in [0.2, 0.25) is 10.0 Å². The molecule has 0 saturated heterocycles. The van der Waals surface area contributed by atoms with E-state index in [9.17, 15) is 8.42 Å². The molecule has 1 aromatic heterocycles. The van der Waals surface area contributed by atoms with Crippen LogP contribution >= 0.6 is 0 Å². The second kappa shape index (κ2) is 8.34. The molecule has 1 atom stereocenters. The summed E-state index contributed by atoms with van der Waals surface area (Å²) in [6.07, 6.45) is 5.11. The normalized spacial score (nSPS) is 16.1. The van der Waals surface area contributed by atoms with Crippen molar-refractivity contribution in [2.24, 2.45) is 0 Å². The van der Waals surface area contributed by atoms with Gasteiger partial charge in [0.15, 0.2) is 11.5 Å². The van der Waals surface area contributed by atoms with Crippen molar-refractivity contribution in [2.45, 2.75) is 18.9 Å². The molecule has 0 saturated carbocycles. The van der Waals surface area contributed by atoms with Gasteiger partial charge in [0.25, 0.3) is 0 Å². The number of ether oxygens (including phenoxy) is 2. The number of aromatic amines is 1. The predicted molar refractivity (Wildman–Crippen MR) is 114 cm³/mol. The Labute approximate surface area is 170 Å². The predicted octanol–water partition coefficient (Wildman–Crippen LogP) is 2.90. The summed E-state index contributed by atoms with van der Waals surface area (Å²) < 4.78 is 37.0. The Hall–Kier alpha value is -2.71. The van der Waals surface area contributed by atoms with Crippen LogP contribution in [0.2, 0.25) is 0 Å². The lowest BCUT2D eigenvalue weighted by Crippen LogP contribution is -2.38. The van der Waals surface area contributed by atoms with Crippen molar-refractivity contribution in [3.8, 4) is 11.5 Å². The number of fused-ring (bicyclic) bond motifs is 2. The van der Waals surface area contributed by atoms with E-state index in [0.717, 1.165) is 25.6 Å². The largest absolute Gasteiger partial charge is 0.486 e. The van der Waals surface area contributed by atoms with E-state index in [1.807, 2.05) is 6.07 Å². The number of para-hydroxylation sites is 1. The first-order valence-corrected chi connectivity index (χ1v) is 11.5. The van der Waals surface area contributed by atoms with Crippen molar-refractivity contribution in [1.29, 1.82) is 0 Å². The second-order valence-electron chi connectivity index (χ2n) is 7.25. The highest BCUT2D eigenvalue weighted by Crippen LogP contribution is 2.34. The minimum Gasteiger partial charge on any atom is -0.486 e. The Morgan fingerprint density at radius 3 is 2.90 bits per heavy atom. The van der Waals surface area contributed by atoms with E-state index in [2.05, 4.69) is 39.4 Å². The molecule has 4 rings (SSSR count). The first kappa shape index (κ1) is 19.6. The van der Waals surface area contributed by atoms with Gasteiger partial charge in [-0.1, -0.05) is 18.2 Å². The van der Waals surface area contributed by atoms with Crippen molar-refractivity contribution in [3.63, 3.8) is 0 Å². The average Bonchev–Trinajstić information content (AvgIpc) is 3.09. The SMILES string of the molecule is CS(=O)(=O)Nc1ccc2c(c1)OC(CNCCCc1c[nH]c3ccccc13)CO2. The summed E-state index contributed by atoms with van der Waals surface area (Å²) >= 11 is 0. The summed E-state index contributed by atoms with van der Waals surface area (Å²) in [4.78, 5) is 3.31. The molecule has 8 heteroatoms. The summed E-state index contributed by atoms with van der Waals surface area (Å²) in [6.45, 7) is 2.00. The van der Waals surface area contributed by atoms with Crippen LogP contribution in [0.25, 0.3) is 10.9 Å². The topological polar surface area (TPSA) is 92.5 Å². The Morgan fingerprint density at radius 1 is 1.17 bits per heavy atom. The number of rotatable bonds is 8. The summed E-state index contributed by atoms with van der Waals surface area (Å²) in [6, 6.07) is 13.4.